The Bertz CT molecular complexity index is 2730. The zero-order chi connectivity index (χ0) is 30.9. The van der Waals surface area contributed by atoms with E-state index in [4.69, 9.17) is 4.98 Å². The summed E-state index contributed by atoms with van der Waals surface area (Å²) in [6.45, 7) is 0. The quantitative estimate of drug-likeness (QED) is 0.197. The lowest BCUT2D eigenvalue weighted by atomic mass is 10.1. The number of hydrogen-bond donors (Lipinski definition) is 0. The molecular formula is C43H28N4. The number of nitrogens with zero attached hydrogens (tertiary/aromatic N) is 4. The summed E-state index contributed by atoms with van der Waals surface area (Å²) in [6, 6.07) is 58.5. The first-order valence-electron chi connectivity index (χ1n) is 16.0. The maximum atomic E-state index is 4.80. The van der Waals surface area contributed by atoms with E-state index >= 15 is 0 Å². The molecule has 0 unspecified atom stereocenters. The van der Waals surface area contributed by atoms with Crippen LogP contribution in [-0.4, -0.2) is 18.7 Å². The third-order valence-corrected chi connectivity index (χ3v) is 9.48. The number of hydrogen-bond acceptors (Lipinski definition) is 1. The van der Waals surface area contributed by atoms with Crippen LogP contribution >= 0.6 is 0 Å². The Balaban J connectivity index is 1.50. The van der Waals surface area contributed by atoms with Gasteiger partial charge in [0.1, 0.15) is 0 Å². The van der Waals surface area contributed by atoms with Crippen LogP contribution in [0.4, 0.5) is 0 Å². The van der Waals surface area contributed by atoms with Crippen LogP contribution in [0.25, 0.3) is 83.0 Å². The van der Waals surface area contributed by atoms with Crippen LogP contribution in [0.2, 0.25) is 0 Å². The second-order valence-corrected chi connectivity index (χ2v) is 12.0. The Labute approximate surface area is 271 Å². The minimum Gasteiger partial charge on any atom is -0.308 e. The molecule has 0 aliphatic rings. The van der Waals surface area contributed by atoms with Gasteiger partial charge >= 0.3 is 0 Å². The van der Waals surface area contributed by atoms with E-state index in [-0.39, 0.29) is 0 Å². The lowest BCUT2D eigenvalue weighted by Crippen LogP contribution is -1.99. The molecule has 0 fully saturated rings. The van der Waals surface area contributed by atoms with Crippen molar-refractivity contribution in [3.05, 3.63) is 170 Å². The average Bonchev–Trinajstić information content (AvgIpc) is 3.78. The maximum absolute atomic E-state index is 4.80. The molecule has 0 spiro atoms. The number of benzene rings is 6. The van der Waals surface area contributed by atoms with Crippen molar-refractivity contribution in [1.82, 2.24) is 18.7 Å². The fourth-order valence-corrected chi connectivity index (χ4v) is 7.61. The molecule has 0 atom stereocenters. The normalized spacial score (nSPS) is 11.8. The third kappa shape index (κ3) is 3.67. The molecule has 0 N–H and O–H groups in total. The number of pyridine rings is 1. The zero-order valence-electron chi connectivity index (χ0n) is 25.5. The zero-order valence-corrected chi connectivity index (χ0v) is 25.5. The number of rotatable bonds is 4. The van der Waals surface area contributed by atoms with Crippen molar-refractivity contribution in [3.63, 3.8) is 0 Å². The summed E-state index contributed by atoms with van der Waals surface area (Å²) < 4.78 is 7.38. The summed E-state index contributed by atoms with van der Waals surface area (Å²) in [5.74, 6) is 0. The Morgan fingerprint density at radius 1 is 0.362 bits per heavy atom. The van der Waals surface area contributed by atoms with E-state index in [0.717, 1.165) is 28.3 Å². The monoisotopic (exact) mass is 600 g/mol. The van der Waals surface area contributed by atoms with Crippen LogP contribution in [0.1, 0.15) is 0 Å². The SMILES string of the molecule is c1ccc(-n2c3ccc4c5ccccc5n(-c5ccccc5-c5ccccn5)c4c3c3c2c2ccccc2n3-c2ccccc2)cc1. The standard InChI is InChI=1S/C43H28N4/c1-3-15-29(16-4-1)45-38-25-12-9-21-34(38)42-43(45)40-39(46(42)30-17-5-2-6-18-30)27-26-32-31-19-7-10-23-36(31)47(41(32)40)37-24-11-8-20-33(37)35-22-13-14-28-44-35/h1-28H. The summed E-state index contributed by atoms with van der Waals surface area (Å²) in [7, 11) is 0. The second kappa shape index (κ2) is 10.1. The summed E-state index contributed by atoms with van der Waals surface area (Å²) in [4.78, 5) is 4.80. The molecule has 0 aliphatic carbocycles. The van der Waals surface area contributed by atoms with Crippen LogP contribution in [0.5, 0.6) is 0 Å². The maximum Gasteiger partial charge on any atom is 0.0825 e. The predicted octanol–water partition coefficient (Wildman–Crippen LogP) is 10.9. The summed E-state index contributed by atoms with van der Waals surface area (Å²) in [5, 5.41) is 4.88. The van der Waals surface area contributed by atoms with Gasteiger partial charge in [0.25, 0.3) is 0 Å². The molecule has 10 rings (SSSR count). The predicted molar refractivity (Wildman–Crippen MR) is 195 cm³/mol. The Hall–Kier alpha value is -6.39. The van der Waals surface area contributed by atoms with Gasteiger partial charge < -0.3 is 13.7 Å². The molecule has 4 nitrogen and oxygen atoms in total. The van der Waals surface area contributed by atoms with Crippen LogP contribution < -0.4 is 0 Å². The Morgan fingerprint density at radius 3 is 1.68 bits per heavy atom. The van der Waals surface area contributed by atoms with Crippen molar-refractivity contribution in [2.45, 2.75) is 0 Å². The van der Waals surface area contributed by atoms with Crippen molar-refractivity contribution in [2.75, 3.05) is 0 Å². The van der Waals surface area contributed by atoms with Crippen LogP contribution in [0.15, 0.2) is 170 Å². The van der Waals surface area contributed by atoms with E-state index in [0.29, 0.717) is 0 Å². The van der Waals surface area contributed by atoms with Crippen LogP contribution in [0.3, 0.4) is 0 Å². The van der Waals surface area contributed by atoms with Crippen molar-refractivity contribution in [2.24, 2.45) is 0 Å². The molecule has 4 aromatic heterocycles. The van der Waals surface area contributed by atoms with E-state index in [1.54, 1.807) is 0 Å². The molecule has 0 radical (unpaired) electrons. The molecule has 47 heavy (non-hydrogen) atoms. The van der Waals surface area contributed by atoms with E-state index in [1.807, 2.05) is 12.3 Å². The molecule has 0 bridgehead atoms. The minimum absolute atomic E-state index is 0.951. The molecular weight excluding hydrogens is 573 g/mol. The van der Waals surface area contributed by atoms with Gasteiger partial charge in [-0.2, -0.15) is 0 Å². The molecule has 0 amide bonds. The molecule has 10 aromatic rings. The van der Waals surface area contributed by atoms with Gasteiger partial charge in [0.2, 0.25) is 0 Å². The molecule has 0 aliphatic heterocycles. The molecule has 6 aromatic carbocycles. The van der Waals surface area contributed by atoms with Gasteiger partial charge in [0, 0.05) is 44.7 Å². The van der Waals surface area contributed by atoms with Gasteiger partial charge in [-0.3, -0.25) is 4.98 Å². The van der Waals surface area contributed by atoms with Gasteiger partial charge in [-0.1, -0.05) is 103 Å². The third-order valence-electron chi connectivity index (χ3n) is 9.48. The largest absolute Gasteiger partial charge is 0.308 e. The van der Waals surface area contributed by atoms with Crippen molar-refractivity contribution in [3.8, 4) is 28.3 Å². The van der Waals surface area contributed by atoms with E-state index in [1.165, 1.54) is 54.6 Å². The highest BCUT2D eigenvalue weighted by Gasteiger charge is 2.26. The van der Waals surface area contributed by atoms with Gasteiger partial charge in [0.15, 0.2) is 0 Å². The molecule has 220 valence electrons. The Kier molecular flexibility index (Phi) is 5.54. The first-order valence-corrected chi connectivity index (χ1v) is 16.0. The highest BCUT2D eigenvalue weighted by atomic mass is 15.1. The van der Waals surface area contributed by atoms with E-state index in [2.05, 4.69) is 171 Å². The van der Waals surface area contributed by atoms with E-state index < -0.39 is 0 Å². The fraction of sp³-hybridized carbons (Fsp3) is 0. The lowest BCUT2D eigenvalue weighted by Gasteiger charge is -2.15. The minimum atomic E-state index is 0.951. The van der Waals surface area contributed by atoms with Crippen molar-refractivity contribution < 1.29 is 0 Å². The van der Waals surface area contributed by atoms with Gasteiger partial charge in [0.05, 0.1) is 44.5 Å². The molecule has 0 saturated heterocycles. The molecule has 4 heteroatoms. The number of fused-ring (bicyclic) bond motifs is 9. The first-order chi connectivity index (χ1) is 23.4. The Morgan fingerprint density at radius 2 is 0.957 bits per heavy atom. The number of aromatic nitrogens is 4. The van der Waals surface area contributed by atoms with Gasteiger partial charge in [-0.15, -0.1) is 0 Å². The van der Waals surface area contributed by atoms with Gasteiger partial charge in [-0.25, -0.2) is 0 Å². The fourth-order valence-electron chi connectivity index (χ4n) is 7.61. The molecule has 0 saturated carbocycles. The summed E-state index contributed by atoms with van der Waals surface area (Å²) in [6.07, 6.45) is 1.87. The highest BCUT2D eigenvalue weighted by molar-refractivity contribution is 6.29. The smallest absolute Gasteiger partial charge is 0.0825 e. The van der Waals surface area contributed by atoms with Crippen LogP contribution in [-0.2, 0) is 0 Å². The highest BCUT2D eigenvalue weighted by Crippen LogP contribution is 2.46. The first kappa shape index (κ1) is 25.9. The molecule has 4 heterocycles. The van der Waals surface area contributed by atoms with Crippen molar-refractivity contribution in [1.29, 1.82) is 0 Å². The lowest BCUT2D eigenvalue weighted by molar-refractivity contribution is 1.17. The second-order valence-electron chi connectivity index (χ2n) is 12.0. The van der Waals surface area contributed by atoms with Gasteiger partial charge in [-0.05, 0) is 60.7 Å². The number of para-hydroxylation sites is 5. The van der Waals surface area contributed by atoms with E-state index in [9.17, 15) is 0 Å². The summed E-state index contributed by atoms with van der Waals surface area (Å²) in [5.41, 5.74) is 12.5. The summed E-state index contributed by atoms with van der Waals surface area (Å²) >= 11 is 0. The van der Waals surface area contributed by atoms with Crippen molar-refractivity contribution >= 4 is 54.6 Å². The topological polar surface area (TPSA) is 27.7 Å². The average molecular weight is 601 g/mol. The van der Waals surface area contributed by atoms with Crippen LogP contribution in [0, 0.1) is 0 Å².